The van der Waals surface area contributed by atoms with Crippen molar-refractivity contribution in [3.05, 3.63) is 0 Å². The van der Waals surface area contributed by atoms with Crippen LogP contribution in [0.4, 0.5) is 13.2 Å². The SMILES string of the molecule is CC(CC(F)(F)F)C(N)=O.Cl. The highest BCUT2D eigenvalue weighted by Crippen LogP contribution is 2.23. The Hall–Kier alpha value is -0.450. The maximum Gasteiger partial charge on any atom is 0.389 e. The minimum absolute atomic E-state index is 0. The molecule has 0 saturated heterocycles. The number of rotatable bonds is 2. The summed E-state index contributed by atoms with van der Waals surface area (Å²) in [5, 5.41) is 0. The van der Waals surface area contributed by atoms with Crippen molar-refractivity contribution in [1.29, 1.82) is 0 Å². The number of primary amides is 1. The van der Waals surface area contributed by atoms with E-state index in [9.17, 15) is 18.0 Å². The fourth-order valence-corrected chi connectivity index (χ4v) is 0.448. The van der Waals surface area contributed by atoms with Gasteiger partial charge in [0.25, 0.3) is 0 Å². The molecule has 11 heavy (non-hydrogen) atoms. The van der Waals surface area contributed by atoms with Crippen molar-refractivity contribution in [3.8, 4) is 0 Å². The second kappa shape index (κ2) is 4.43. The minimum atomic E-state index is -4.30. The summed E-state index contributed by atoms with van der Waals surface area (Å²) in [5.41, 5.74) is 4.60. The van der Waals surface area contributed by atoms with Gasteiger partial charge < -0.3 is 5.73 Å². The van der Waals surface area contributed by atoms with Gasteiger partial charge in [0.15, 0.2) is 0 Å². The lowest BCUT2D eigenvalue weighted by Crippen LogP contribution is -2.25. The number of hydrogen-bond donors (Lipinski definition) is 1. The molecule has 0 rings (SSSR count). The molecule has 0 aliphatic carbocycles. The van der Waals surface area contributed by atoms with Gasteiger partial charge in [0, 0.05) is 5.92 Å². The van der Waals surface area contributed by atoms with Crippen LogP contribution in [0, 0.1) is 5.92 Å². The zero-order valence-corrected chi connectivity index (χ0v) is 6.63. The van der Waals surface area contributed by atoms with Gasteiger partial charge in [0.2, 0.25) is 5.91 Å². The molecule has 0 aromatic rings. The molecule has 1 amide bonds. The predicted octanol–water partition coefficient (Wildman–Crippen LogP) is 1.48. The Balaban J connectivity index is 0. The molecule has 0 aromatic heterocycles. The number of halogens is 4. The Morgan fingerprint density at radius 3 is 2.00 bits per heavy atom. The molecule has 68 valence electrons. The summed E-state index contributed by atoms with van der Waals surface area (Å²) >= 11 is 0. The third-order valence-electron chi connectivity index (χ3n) is 1.02. The molecule has 2 N–H and O–H groups in total. The molecule has 1 unspecified atom stereocenters. The zero-order valence-electron chi connectivity index (χ0n) is 5.81. The van der Waals surface area contributed by atoms with Crippen LogP contribution >= 0.6 is 12.4 Å². The summed E-state index contributed by atoms with van der Waals surface area (Å²) in [5.74, 6) is -2.04. The van der Waals surface area contributed by atoms with Crippen molar-refractivity contribution in [2.45, 2.75) is 19.5 Å². The van der Waals surface area contributed by atoms with E-state index in [0.717, 1.165) is 6.92 Å². The Labute approximate surface area is 68.4 Å². The van der Waals surface area contributed by atoms with Crippen LogP contribution in [0.5, 0.6) is 0 Å². The third kappa shape index (κ3) is 7.45. The van der Waals surface area contributed by atoms with E-state index >= 15 is 0 Å². The minimum Gasteiger partial charge on any atom is -0.369 e. The predicted molar refractivity (Wildman–Crippen MR) is 36.3 cm³/mol. The van der Waals surface area contributed by atoms with Crippen LogP contribution in [-0.2, 0) is 4.79 Å². The molecule has 0 radical (unpaired) electrons. The Morgan fingerprint density at radius 1 is 1.55 bits per heavy atom. The molecule has 0 aliphatic rings. The number of carbonyl (C=O) groups is 1. The number of nitrogens with two attached hydrogens (primary N) is 1. The quantitative estimate of drug-likeness (QED) is 0.706. The van der Waals surface area contributed by atoms with Crippen LogP contribution < -0.4 is 5.73 Å². The summed E-state index contributed by atoms with van der Waals surface area (Å²) in [4.78, 5) is 10.1. The Morgan fingerprint density at radius 2 is 1.91 bits per heavy atom. The van der Waals surface area contributed by atoms with Crippen LogP contribution in [0.15, 0.2) is 0 Å². The molecule has 0 fully saturated rings. The van der Waals surface area contributed by atoms with E-state index in [1.807, 2.05) is 0 Å². The molecule has 0 saturated carbocycles. The first kappa shape index (κ1) is 13.2. The van der Waals surface area contributed by atoms with Crippen molar-refractivity contribution in [2.24, 2.45) is 11.7 Å². The van der Waals surface area contributed by atoms with Gasteiger partial charge in [-0.25, -0.2) is 0 Å². The first-order valence-electron chi connectivity index (χ1n) is 2.69. The van der Waals surface area contributed by atoms with E-state index in [4.69, 9.17) is 0 Å². The highest BCUT2D eigenvalue weighted by Gasteiger charge is 2.31. The number of amides is 1. The molecule has 0 bridgehead atoms. The van der Waals surface area contributed by atoms with Crippen molar-refractivity contribution in [3.63, 3.8) is 0 Å². The van der Waals surface area contributed by atoms with Crippen LogP contribution in [0.1, 0.15) is 13.3 Å². The van der Waals surface area contributed by atoms with Gasteiger partial charge in [-0.1, -0.05) is 6.92 Å². The number of hydrogen-bond acceptors (Lipinski definition) is 1. The molecule has 0 heterocycles. The highest BCUT2D eigenvalue weighted by atomic mass is 35.5. The first-order chi connectivity index (χ1) is 4.33. The smallest absolute Gasteiger partial charge is 0.369 e. The van der Waals surface area contributed by atoms with Crippen molar-refractivity contribution in [1.82, 2.24) is 0 Å². The lowest BCUT2D eigenvalue weighted by Gasteiger charge is -2.09. The lowest BCUT2D eigenvalue weighted by atomic mass is 10.1. The van der Waals surface area contributed by atoms with Crippen molar-refractivity contribution in [2.75, 3.05) is 0 Å². The van der Waals surface area contributed by atoms with Crippen LogP contribution in [0.25, 0.3) is 0 Å². The molecule has 0 aliphatic heterocycles. The molecule has 0 aromatic carbocycles. The van der Waals surface area contributed by atoms with Gasteiger partial charge >= 0.3 is 6.18 Å². The van der Waals surface area contributed by atoms with E-state index in [2.05, 4.69) is 5.73 Å². The van der Waals surface area contributed by atoms with E-state index in [1.165, 1.54) is 0 Å². The summed E-state index contributed by atoms with van der Waals surface area (Å²) in [7, 11) is 0. The van der Waals surface area contributed by atoms with Gasteiger partial charge in [-0.2, -0.15) is 13.2 Å². The maximum atomic E-state index is 11.5. The average Bonchev–Trinajstić information content (AvgIpc) is 1.60. The first-order valence-corrected chi connectivity index (χ1v) is 2.69. The van der Waals surface area contributed by atoms with E-state index in [0.29, 0.717) is 0 Å². The fourth-order valence-electron chi connectivity index (χ4n) is 0.448. The van der Waals surface area contributed by atoms with Crippen LogP contribution in [0.2, 0.25) is 0 Å². The fraction of sp³-hybridized carbons (Fsp3) is 0.800. The molecular formula is C5H9ClF3NO. The lowest BCUT2D eigenvalue weighted by molar-refractivity contribution is -0.151. The molecule has 1 atom stereocenters. The molecule has 6 heteroatoms. The average molecular weight is 192 g/mol. The van der Waals surface area contributed by atoms with Crippen LogP contribution in [-0.4, -0.2) is 12.1 Å². The van der Waals surface area contributed by atoms with E-state index < -0.39 is 24.4 Å². The molecule has 2 nitrogen and oxygen atoms in total. The topological polar surface area (TPSA) is 43.1 Å². The normalized spacial score (nSPS) is 13.5. The van der Waals surface area contributed by atoms with Gasteiger partial charge in [0.05, 0.1) is 6.42 Å². The number of carbonyl (C=O) groups excluding carboxylic acids is 1. The van der Waals surface area contributed by atoms with Gasteiger partial charge in [0.1, 0.15) is 0 Å². The second-order valence-corrected chi connectivity index (χ2v) is 2.12. The van der Waals surface area contributed by atoms with Crippen molar-refractivity contribution < 1.29 is 18.0 Å². The summed E-state index contributed by atoms with van der Waals surface area (Å²) in [6.07, 6.45) is -5.43. The summed E-state index contributed by atoms with van der Waals surface area (Å²) < 4.78 is 34.4. The van der Waals surface area contributed by atoms with Gasteiger partial charge in [-0.05, 0) is 0 Å². The van der Waals surface area contributed by atoms with Crippen molar-refractivity contribution >= 4 is 18.3 Å². The standard InChI is InChI=1S/C5H8F3NO.ClH/c1-3(4(9)10)2-5(6,7)8;/h3H,2H2,1H3,(H2,9,10);1H. The van der Waals surface area contributed by atoms with E-state index in [-0.39, 0.29) is 12.4 Å². The van der Waals surface area contributed by atoms with Gasteiger partial charge in [-0.15, -0.1) is 12.4 Å². The Kier molecular flexibility index (Phi) is 5.30. The highest BCUT2D eigenvalue weighted by molar-refractivity contribution is 5.85. The summed E-state index contributed by atoms with van der Waals surface area (Å²) in [6.45, 7) is 1.15. The van der Waals surface area contributed by atoms with Crippen LogP contribution in [0.3, 0.4) is 0 Å². The number of alkyl halides is 3. The van der Waals surface area contributed by atoms with E-state index in [1.54, 1.807) is 0 Å². The Bertz CT molecular complexity index is 136. The zero-order chi connectivity index (χ0) is 8.36. The molecular weight excluding hydrogens is 183 g/mol. The monoisotopic (exact) mass is 191 g/mol. The summed E-state index contributed by atoms with van der Waals surface area (Å²) in [6, 6.07) is 0. The largest absolute Gasteiger partial charge is 0.389 e. The maximum absolute atomic E-state index is 11.5. The third-order valence-corrected chi connectivity index (χ3v) is 1.02. The molecule has 0 spiro atoms. The second-order valence-electron chi connectivity index (χ2n) is 2.12. The van der Waals surface area contributed by atoms with Gasteiger partial charge in [-0.3, -0.25) is 4.79 Å².